The third kappa shape index (κ3) is 4.01. The number of amides is 1. The van der Waals surface area contributed by atoms with Crippen LogP contribution in [0.5, 0.6) is 0 Å². The summed E-state index contributed by atoms with van der Waals surface area (Å²) in [6.07, 6.45) is 8.81. The van der Waals surface area contributed by atoms with E-state index in [9.17, 15) is 4.79 Å². The summed E-state index contributed by atoms with van der Waals surface area (Å²) in [6.45, 7) is 2.84. The Morgan fingerprint density at radius 2 is 1.96 bits per heavy atom. The van der Waals surface area contributed by atoms with Gasteiger partial charge >= 0.3 is 0 Å². The molecule has 0 bridgehead atoms. The predicted octanol–water partition coefficient (Wildman–Crippen LogP) is 4.21. The zero-order valence-corrected chi connectivity index (χ0v) is 16.9. The topological polar surface area (TPSA) is 55.6 Å². The van der Waals surface area contributed by atoms with Gasteiger partial charge in [0.1, 0.15) is 0 Å². The van der Waals surface area contributed by atoms with Crippen molar-refractivity contribution in [3.63, 3.8) is 0 Å². The number of benzene rings is 1. The molecule has 1 spiro atoms. The van der Waals surface area contributed by atoms with Crippen LogP contribution in [0.15, 0.2) is 24.3 Å². The van der Waals surface area contributed by atoms with Gasteiger partial charge in [-0.3, -0.25) is 4.79 Å². The van der Waals surface area contributed by atoms with E-state index in [1.807, 2.05) is 36.2 Å². The van der Waals surface area contributed by atoms with Crippen molar-refractivity contribution >= 4 is 24.0 Å². The average Bonchev–Trinajstić information content (AvgIpc) is 2.64. The number of anilines is 1. The molecule has 0 heterocycles. The first-order chi connectivity index (χ1) is 12.1. The second-order valence-corrected chi connectivity index (χ2v) is 7.69. The summed E-state index contributed by atoms with van der Waals surface area (Å²) in [4.78, 5) is 14.8. The van der Waals surface area contributed by atoms with E-state index in [2.05, 4.69) is 6.92 Å². The van der Waals surface area contributed by atoms with E-state index in [1.165, 1.54) is 32.1 Å². The Bertz CT molecular complexity index is 601. The van der Waals surface area contributed by atoms with Gasteiger partial charge in [0.05, 0.1) is 6.10 Å². The maximum Gasteiger partial charge on any atom is 0.222 e. The van der Waals surface area contributed by atoms with E-state index in [-0.39, 0.29) is 23.7 Å². The largest absolute Gasteiger partial charge is 0.399 e. The molecule has 146 valence electrons. The van der Waals surface area contributed by atoms with Gasteiger partial charge in [-0.25, -0.2) is 0 Å². The summed E-state index contributed by atoms with van der Waals surface area (Å²) in [5.74, 6) is 0.230. The van der Waals surface area contributed by atoms with Crippen LogP contribution in [0.4, 0.5) is 5.69 Å². The van der Waals surface area contributed by atoms with E-state index in [0.29, 0.717) is 25.0 Å². The molecular formula is C21H33ClN2O2. The number of carbonyl (C=O) groups is 1. The van der Waals surface area contributed by atoms with E-state index in [1.54, 1.807) is 0 Å². The van der Waals surface area contributed by atoms with Crippen molar-refractivity contribution in [1.82, 2.24) is 4.90 Å². The highest BCUT2D eigenvalue weighted by Crippen LogP contribution is 2.55. The maximum atomic E-state index is 12.8. The summed E-state index contributed by atoms with van der Waals surface area (Å²) >= 11 is 0. The number of halogens is 1. The molecule has 0 saturated heterocycles. The third-order valence-electron chi connectivity index (χ3n) is 6.42. The van der Waals surface area contributed by atoms with Crippen molar-refractivity contribution in [3.8, 4) is 0 Å². The monoisotopic (exact) mass is 380 g/mol. The molecule has 2 saturated carbocycles. The second kappa shape index (κ2) is 9.09. The molecule has 4 nitrogen and oxygen atoms in total. The first kappa shape index (κ1) is 21.0. The van der Waals surface area contributed by atoms with Gasteiger partial charge in [0.15, 0.2) is 0 Å². The Balaban J connectivity index is 0.00000243. The van der Waals surface area contributed by atoms with Gasteiger partial charge in [-0.2, -0.15) is 0 Å². The van der Waals surface area contributed by atoms with Crippen molar-refractivity contribution in [2.45, 2.75) is 70.4 Å². The molecule has 2 aliphatic carbocycles. The molecule has 26 heavy (non-hydrogen) atoms. The van der Waals surface area contributed by atoms with E-state index < -0.39 is 0 Å². The summed E-state index contributed by atoms with van der Waals surface area (Å²) < 4.78 is 6.02. The van der Waals surface area contributed by atoms with Crippen molar-refractivity contribution in [1.29, 1.82) is 0 Å². The number of nitrogens with two attached hydrogens (primary N) is 1. The van der Waals surface area contributed by atoms with Crippen molar-refractivity contribution in [3.05, 3.63) is 29.8 Å². The number of nitrogen functional groups attached to an aromatic ring is 1. The maximum absolute atomic E-state index is 12.8. The lowest BCUT2D eigenvalue weighted by Crippen LogP contribution is -2.65. The molecule has 1 amide bonds. The van der Waals surface area contributed by atoms with Gasteiger partial charge in [0.25, 0.3) is 0 Å². The fourth-order valence-electron chi connectivity index (χ4n) is 4.92. The van der Waals surface area contributed by atoms with Gasteiger partial charge in [-0.1, -0.05) is 37.5 Å². The zero-order valence-electron chi connectivity index (χ0n) is 16.1. The number of rotatable bonds is 6. The lowest BCUT2D eigenvalue weighted by molar-refractivity contribution is -0.185. The predicted molar refractivity (Wildman–Crippen MR) is 109 cm³/mol. The van der Waals surface area contributed by atoms with Gasteiger partial charge in [0.2, 0.25) is 5.91 Å². The lowest BCUT2D eigenvalue weighted by atomic mass is 9.54. The van der Waals surface area contributed by atoms with Crippen LogP contribution in [0.25, 0.3) is 0 Å². The fraction of sp³-hybridized carbons (Fsp3) is 0.667. The number of para-hydroxylation sites is 1. The van der Waals surface area contributed by atoms with Crippen LogP contribution in [0.1, 0.15) is 57.4 Å². The standard InChI is InChI=1S/C21H32N2O2.ClH/c1-3-25-19-15-18(21(19)13-7-4-8-14-21)23(2)20(24)12-11-16-9-5-6-10-17(16)22;/h5-6,9-10,18-19H,3-4,7-8,11-15,22H2,1-2H3;1H. The minimum absolute atomic E-state index is 0. The molecule has 2 N–H and O–H groups in total. The molecule has 0 radical (unpaired) electrons. The molecule has 1 aromatic carbocycles. The Morgan fingerprint density at radius 3 is 2.62 bits per heavy atom. The third-order valence-corrected chi connectivity index (χ3v) is 6.42. The first-order valence-corrected chi connectivity index (χ1v) is 9.79. The molecule has 0 aromatic heterocycles. The number of aryl methyl sites for hydroxylation is 1. The first-order valence-electron chi connectivity index (χ1n) is 9.79. The Labute approximate surface area is 163 Å². The highest BCUT2D eigenvalue weighted by molar-refractivity contribution is 5.85. The number of hydrogen-bond donors (Lipinski definition) is 1. The normalized spacial score (nSPS) is 23.8. The van der Waals surface area contributed by atoms with E-state index in [0.717, 1.165) is 24.3 Å². The number of hydrogen-bond acceptors (Lipinski definition) is 3. The van der Waals surface area contributed by atoms with Crippen LogP contribution >= 0.6 is 12.4 Å². The number of ether oxygens (including phenoxy) is 1. The van der Waals surface area contributed by atoms with Crippen LogP contribution in [0, 0.1) is 5.41 Å². The van der Waals surface area contributed by atoms with E-state index >= 15 is 0 Å². The van der Waals surface area contributed by atoms with Gasteiger partial charge in [-0.15, -0.1) is 12.4 Å². The van der Waals surface area contributed by atoms with Crippen LogP contribution < -0.4 is 5.73 Å². The SMILES string of the molecule is CCOC1CC(N(C)C(=O)CCc2ccccc2N)C12CCCCC2.Cl. The molecule has 1 aromatic rings. The Morgan fingerprint density at radius 1 is 1.27 bits per heavy atom. The van der Waals surface area contributed by atoms with Crippen molar-refractivity contribution in [2.24, 2.45) is 5.41 Å². The fourth-order valence-corrected chi connectivity index (χ4v) is 4.92. The molecular weight excluding hydrogens is 348 g/mol. The highest BCUT2D eigenvalue weighted by Gasteiger charge is 2.57. The minimum Gasteiger partial charge on any atom is -0.399 e. The highest BCUT2D eigenvalue weighted by atomic mass is 35.5. The number of nitrogens with zero attached hydrogens (tertiary/aromatic N) is 1. The van der Waals surface area contributed by atoms with E-state index in [4.69, 9.17) is 10.5 Å². The van der Waals surface area contributed by atoms with Gasteiger partial charge in [0, 0.05) is 37.2 Å². The molecule has 2 aliphatic rings. The second-order valence-electron chi connectivity index (χ2n) is 7.69. The lowest BCUT2D eigenvalue weighted by Gasteiger charge is -2.60. The number of carbonyl (C=O) groups excluding carboxylic acids is 1. The van der Waals surface area contributed by atoms with Crippen LogP contribution in [-0.4, -0.2) is 36.6 Å². The van der Waals surface area contributed by atoms with Crippen LogP contribution in [0.2, 0.25) is 0 Å². The summed E-state index contributed by atoms with van der Waals surface area (Å²) in [7, 11) is 1.99. The van der Waals surface area contributed by atoms with Crippen molar-refractivity contribution in [2.75, 3.05) is 19.4 Å². The quantitative estimate of drug-likeness (QED) is 0.752. The summed E-state index contributed by atoms with van der Waals surface area (Å²) in [5, 5.41) is 0. The molecule has 2 fully saturated rings. The Hall–Kier alpha value is -1.26. The van der Waals surface area contributed by atoms with Crippen molar-refractivity contribution < 1.29 is 9.53 Å². The minimum atomic E-state index is 0. The molecule has 0 aliphatic heterocycles. The van der Waals surface area contributed by atoms with Crippen LogP contribution in [-0.2, 0) is 16.0 Å². The summed E-state index contributed by atoms with van der Waals surface area (Å²) in [6, 6.07) is 8.17. The van der Waals surface area contributed by atoms with Gasteiger partial charge in [-0.05, 0) is 44.2 Å². The zero-order chi connectivity index (χ0) is 17.9. The summed E-state index contributed by atoms with van der Waals surface area (Å²) in [5.41, 5.74) is 8.05. The smallest absolute Gasteiger partial charge is 0.222 e. The average molecular weight is 381 g/mol. The van der Waals surface area contributed by atoms with Crippen LogP contribution in [0.3, 0.4) is 0 Å². The molecule has 5 heteroatoms. The Kier molecular flexibility index (Phi) is 7.36. The molecule has 2 unspecified atom stereocenters. The van der Waals surface area contributed by atoms with Gasteiger partial charge < -0.3 is 15.4 Å². The molecule has 3 rings (SSSR count). The molecule has 2 atom stereocenters.